The van der Waals surface area contributed by atoms with Crippen molar-refractivity contribution in [3.05, 3.63) is 72.1 Å². The molecule has 0 spiro atoms. The normalized spacial score (nSPS) is 11.8. The van der Waals surface area contributed by atoms with Gasteiger partial charge in [-0.25, -0.2) is 0 Å². The number of nitrogens with zero attached hydrogens (tertiary/aromatic N) is 3. The number of carbonyl (C=O) groups is 1. The topological polar surface area (TPSA) is 95.1 Å². The van der Waals surface area contributed by atoms with Crippen molar-refractivity contribution in [1.29, 1.82) is 0 Å². The highest BCUT2D eigenvalue weighted by Gasteiger charge is 2.15. The molecule has 0 aliphatic rings. The van der Waals surface area contributed by atoms with Crippen LogP contribution >= 0.6 is 0 Å². The van der Waals surface area contributed by atoms with Crippen molar-refractivity contribution < 1.29 is 9.53 Å². The van der Waals surface area contributed by atoms with Gasteiger partial charge in [-0.2, -0.15) is 0 Å². The quantitative estimate of drug-likeness (QED) is 0.596. The molecule has 1 heterocycles. The predicted octanol–water partition coefficient (Wildman–Crippen LogP) is 2.67. The predicted molar refractivity (Wildman–Crippen MR) is 107 cm³/mol. The number of amides is 1. The second kappa shape index (κ2) is 9.66. The second-order valence-electron chi connectivity index (χ2n) is 6.56. The average molecular weight is 379 g/mol. The van der Waals surface area contributed by atoms with Crippen LogP contribution in [0.3, 0.4) is 0 Å². The lowest BCUT2D eigenvalue weighted by Crippen LogP contribution is -2.41. The largest absolute Gasteiger partial charge is 0.457 e. The zero-order valence-electron chi connectivity index (χ0n) is 15.9. The lowest BCUT2D eigenvalue weighted by Gasteiger charge is -2.13. The van der Waals surface area contributed by atoms with Gasteiger partial charge in [-0.3, -0.25) is 9.48 Å². The van der Waals surface area contributed by atoms with Crippen LogP contribution in [-0.4, -0.2) is 26.9 Å². The number of nitrogens with one attached hydrogen (secondary N) is 1. The maximum Gasteiger partial charge on any atom is 0.237 e. The number of aromatic nitrogens is 3. The summed E-state index contributed by atoms with van der Waals surface area (Å²) in [6, 6.07) is 16.5. The highest BCUT2D eigenvalue weighted by molar-refractivity contribution is 5.81. The number of aryl methyl sites for hydroxylation is 1. The monoisotopic (exact) mass is 379 g/mol. The van der Waals surface area contributed by atoms with E-state index in [1.807, 2.05) is 60.8 Å². The molecular formula is C21H25N5O2. The minimum Gasteiger partial charge on any atom is -0.457 e. The van der Waals surface area contributed by atoms with Crippen LogP contribution < -0.4 is 15.8 Å². The summed E-state index contributed by atoms with van der Waals surface area (Å²) in [6.45, 7) is 3.19. The molecule has 28 heavy (non-hydrogen) atoms. The van der Waals surface area contributed by atoms with E-state index >= 15 is 0 Å². The van der Waals surface area contributed by atoms with Crippen LogP contribution in [-0.2, 0) is 24.3 Å². The van der Waals surface area contributed by atoms with Crippen LogP contribution in [0.2, 0.25) is 0 Å². The molecule has 7 heteroatoms. The fourth-order valence-corrected chi connectivity index (χ4v) is 2.77. The summed E-state index contributed by atoms with van der Waals surface area (Å²) in [7, 11) is 0. The van der Waals surface area contributed by atoms with E-state index in [0.717, 1.165) is 24.3 Å². The van der Waals surface area contributed by atoms with E-state index in [1.54, 1.807) is 4.68 Å². The summed E-state index contributed by atoms with van der Waals surface area (Å²) in [5.74, 6) is 1.25. The number of ether oxygens (including phenoxy) is 1. The van der Waals surface area contributed by atoms with Crippen LogP contribution in [0.5, 0.6) is 11.5 Å². The van der Waals surface area contributed by atoms with Crippen molar-refractivity contribution in [2.75, 3.05) is 0 Å². The molecule has 0 bridgehead atoms. The minimum absolute atomic E-state index is 0.223. The Bertz CT molecular complexity index is 895. The van der Waals surface area contributed by atoms with Gasteiger partial charge in [0.15, 0.2) is 0 Å². The van der Waals surface area contributed by atoms with Gasteiger partial charge in [0.1, 0.15) is 17.2 Å². The summed E-state index contributed by atoms with van der Waals surface area (Å²) in [5, 5.41) is 10.9. The molecule has 1 atom stereocenters. The number of nitrogens with two attached hydrogens (primary N) is 1. The molecule has 1 amide bonds. The third-order valence-corrected chi connectivity index (χ3v) is 4.15. The Labute approximate surface area is 164 Å². The molecule has 2 aromatic carbocycles. The van der Waals surface area contributed by atoms with Gasteiger partial charge in [-0.1, -0.05) is 42.5 Å². The van der Waals surface area contributed by atoms with Crippen molar-refractivity contribution in [3.63, 3.8) is 0 Å². The van der Waals surface area contributed by atoms with E-state index in [9.17, 15) is 4.79 Å². The lowest BCUT2D eigenvalue weighted by atomic mass is 10.1. The van der Waals surface area contributed by atoms with Crippen molar-refractivity contribution in [1.82, 2.24) is 20.3 Å². The maximum atomic E-state index is 12.3. The molecule has 0 radical (unpaired) electrons. The molecule has 1 unspecified atom stereocenters. The first-order valence-corrected chi connectivity index (χ1v) is 9.38. The molecule has 3 rings (SSSR count). The summed E-state index contributed by atoms with van der Waals surface area (Å²) < 4.78 is 7.59. The molecule has 3 N–H and O–H groups in total. The average Bonchev–Trinajstić information content (AvgIpc) is 3.15. The van der Waals surface area contributed by atoms with Gasteiger partial charge in [-0.05, 0) is 42.7 Å². The standard InChI is InChI=1S/C21H25N5O2/c1-2-11-26-15-17(24-25-26)14-23-21(27)20(22)13-16-7-6-10-19(12-16)28-18-8-4-3-5-9-18/h3-10,12,15,20H,2,11,13-14,22H2,1H3,(H,23,27). The summed E-state index contributed by atoms with van der Waals surface area (Å²) in [4.78, 5) is 12.3. The molecule has 0 aliphatic carbocycles. The van der Waals surface area contributed by atoms with E-state index in [2.05, 4.69) is 22.6 Å². The van der Waals surface area contributed by atoms with Crippen molar-refractivity contribution >= 4 is 5.91 Å². The van der Waals surface area contributed by atoms with Crippen molar-refractivity contribution in [3.8, 4) is 11.5 Å². The third kappa shape index (κ3) is 5.65. The SMILES string of the molecule is CCCn1cc(CNC(=O)C(N)Cc2cccc(Oc3ccccc3)c2)nn1. The van der Waals surface area contributed by atoms with E-state index in [1.165, 1.54) is 0 Å². The van der Waals surface area contributed by atoms with E-state index in [0.29, 0.717) is 24.4 Å². The van der Waals surface area contributed by atoms with Crippen molar-refractivity contribution in [2.45, 2.75) is 38.9 Å². The van der Waals surface area contributed by atoms with Gasteiger partial charge in [0.05, 0.1) is 18.8 Å². The Kier molecular flexibility index (Phi) is 6.75. The number of benzene rings is 2. The Morgan fingerprint density at radius 3 is 2.75 bits per heavy atom. The van der Waals surface area contributed by atoms with Crippen LogP contribution in [0, 0.1) is 0 Å². The number of hydrogen-bond donors (Lipinski definition) is 2. The molecular weight excluding hydrogens is 354 g/mol. The fourth-order valence-electron chi connectivity index (χ4n) is 2.77. The molecule has 0 aliphatic heterocycles. The lowest BCUT2D eigenvalue weighted by molar-refractivity contribution is -0.122. The molecule has 0 fully saturated rings. The van der Waals surface area contributed by atoms with E-state index < -0.39 is 6.04 Å². The summed E-state index contributed by atoms with van der Waals surface area (Å²) >= 11 is 0. The molecule has 146 valence electrons. The Hall–Kier alpha value is -3.19. The highest BCUT2D eigenvalue weighted by atomic mass is 16.5. The molecule has 7 nitrogen and oxygen atoms in total. The molecule has 1 aromatic heterocycles. The van der Waals surface area contributed by atoms with Crippen LogP contribution in [0.15, 0.2) is 60.8 Å². The smallest absolute Gasteiger partial charge is 0.237 e. The van der Waals surface area contributed by atoms with Crippen molar-refractivity contribution in [2.24, 2.45) is 5.73 Å². The molecule has 0 saturated carbocycles. The van der Waals surface area contributed by atoms with Gasteiger partial charge >= 0.3 is 0 Å². The third-order valence-electron chi connectivity index (χ3n) is 4.15. The first kappa shape index (κ1) is 19.6. The van der Waals surface area contributed by atoms with Gasteiger partial charge in [0.2, 0.25) is 5.91 Å². The van der Waals surface area contributed by atoms with Gasteiger partial charge in [0, 0.05) is 6.54 Å². The number of carbonyl (C=O) groups excluding carboxylic acids is 1. The Balaban J connectivity index is 1.52. The van der Waals surface area contributed by atoms with Gasteiger partial charge in [0.25, 0.3) is 0 Å². The summed E-state index contributed by atoms with van der Waals surface area (Å²) in [5.41, 5.74) is 7.73. The Morgan fingerprint density at radius 1 is 1.18 bits per heavy atom. The molecule has 0 saturated heterocycles. The van der Waals surface area contributed by atoms with E-state index in [4.69, 9.17) is 10.5 Å². The van der Waals surface area contributed by atoms with Crippen LogP contribution in [0.1, 0.15) is 24.6 Å². The number of hydrogen-bond acceptors (Lipinski definition) is 5. The zero-order valence-corrected chi connectivity index (χ0v) is 15.9. The van der Waals surface area contributed by atoms with Gasteiger partial charge in [-0.15, -0.1) is 5.10 Å². The van der Waals surface area contributed by atoms with Crippen LogP contribution in [0.25, 0.3) is 0 Å². The second-order valence-corrected chi connectivity index (χ2v) is 6.56. The van der Waals surface area contributed by atoms with Crippen LogP contribution in [0.4, 0.5) is 0 Å². The highest BCUT2D eigenvalue weighted by Crippen LogP contribution is 2.22. The minimum atomic E-state index is -0.655. The maximum absolute atomic E-state index is 12.3. The summed E-state index contributed by atoms with van der Waals surface area (Å²) in [6.07, 6.45) is 3.23. The first-order chi connectivity index (χ1) is 13.6. The number of rotatable bonds is 9. The van der Waals surface area contributed by atoms with Gasteiger partial charge < -0.3 is 15.8 Å². The Morgan fingerprint density at radius 2 is 1.96 bits per heavy atom. The fraction of sp³-hybridized carbons (Fsp3) is 0.286. The first-order valence-electron chi connectivity index (χ1n) is 9.38. The number of para-hydroxylation sites is 1. The zero-order chi connectivity index (χ0) is 19.8. The van der Waals surface area contributed by atoms with E-state index in [-0.39, 0.29) is 5.91 Å². The molecule has 3 aromatic rings.